The van der Waals surface area contributed by atoms with Gasteiger partial charge >= 0.3 is 0 Å². The molecule has 0 atom stereocenters. The second-order valence-corrected chi connectivity index (χ2v) is 6.17. The number of amides is 1. The highest BCUT2D eigenvalue weighted by atomic mass is 79.9. The van der Waals surface area contributed by atoms with E-state index in [2.05, 4.69) is 21.2 Å². The quantitative estimate of drug-likeness (QED) is 0.865. The van der Waals surface area contributed by atoms with Gasteiger partial charge in [-0.2, -0.15) is 0 Å². The second kappa shape index (κ2) is 5.02. The SMILES string of the molecule is Cc1ccc(N2CCCNC(C)(C)C2=O)c(Br)c1. The van der Waals surface area contributed by atoms with Crippen LogP contribution in [-0.2, 0) is 4.79 Å². The first kappa shape index (κ1) is 13.6. The van der Waals surface area contributed by atoms with Crippen molar-refractivity contribution in [2.75, 3.05) is 18.0 Å². The smallest absolute Gasteiger partial charge is 0.246 e. The van der Waals surface area contributed by atoms with Gasteiger partial charge in [0.25, 0.3) is 0 Å². The summed E-state index contributed by atoms with van der Waals surface area (Å²) < 4.78 is 0.980. The molecule has 1 aliphatic rings. The van der Waals surface area contributed by atoms with Crippen LogP contribution in [0.2, 0.25) is 0 Å². The van der Waals surface area contributed by atoms with E-state index in [0.717, 1.165) is 29.7 Å². The van der Waals surface area contributed by atoms with Gasteiger partial charge in [-0.3, -0.25) is 4.79 Å². The zero-order valence-electron chi connectivity index (χ0n) is 11.1. The maximum atomic E-state index is 12.5. The van der Waals surface area contributed by atoms with Crippen molar-refractivity contribution in [3.8, 4) is 0 Å². The van der Waals surface area contributed by atoms with E-state index in [1.54, 1.807) is 0 Å². The van der Waals surface area contributed by atoms with Crippen LogP contribution in [0.4, 0.5) is 5.69 Å². The van der Waals surface area contributed by atoms with Gasteiger partial charge in [0.05, 0.1) is 11.2 Å². The van der Waals surface area contributed by atoms with Crippen molar-refractivity contribution >= 4 is 27.5 Å². The second-order valence-electron chi connectivity index (χ2n) is 5.32. The normalized spacial score (nSPS) is 19.8. The number of halogens is 1. The average molecular weight is 311 g/mol. The molecule has 0 radical (unpaired) electrons. The van der Waals surface area contributed by atoms with Crippen LogP contribution in [0, 0.1) is 6.92 Å². The largest absolute Gasteiger partial charge is 0.310 e. The molecular weight excluding hydrogens is 292 g/mol. The van der Waals surface area contributed by atoms with Crippen molar-refractivity contribution in [3.63, 3.8) is 0 Å². The molecule has 0 unspecified atom stereocenters. The lowest BCUT2D eigenvalue weighted by Gasteiger charge is -2.29. The molecule has 0 aromatic heterocycles. The van der Waals surface area contributed by atoms with Gasteiger partial charge in [-0.25, -0.2) is 0 Å². The van der Waals surface area contributed by atoms with Gasteiger partial charge in [-0.05, 0) is 67.4 Å². The summed E-state index contributed by atoms with van der Waals surface area (Å²) in [5.41, 5.74) is 1.65. The zero-order chi connectivity index (χ0) is 13.3. The fourth-order valence-electron chi connectivity index (χ4n) is 2.21. The predicted molar refractivity (Wildman–Crippen MR) is 77.9 cm³/mol. The Morgan fingerprint density at radius 3 is 2.78 bits per heavy atom. The van der Waals surface area contributed by atoms with Gasteiger partial charge in [-0.15, -0.1) is 0 Å². The lowest BCUT2D eigenvalue weighted by Crippen LogP contribution is -2.51. The average Bonchev–Trinajstić information content (AvgIpc) is 2.41. The summed E-state index contributed by atoms with van der Waals surface area (Å²) in [6, 6.07) is 6.10. The topological polar surface area (TPSA) is 32.3 Å². The van der Waals surface area contributed by atoms with Crippen LogP contribution in [-0.4, -0.2) is 24.5 Å². The van der Waals surface area contributed by atoms with E-state index in [1.165, 1.54) is 5.56 Å². The molecule has 3 nitrogen and oxygen atoms in total. The maximum absolute atomic E-state index is 12.5. The molecule has 1 fully saturated rings. The summed E-state index contributed by atoms with van der Waals surface area (Å²) in [5.74, 6) is 0.129. The van der Waals surface area contributed by atoms with Gasteiger partial charge in [0.2, 0.25) is 5.91 Å². The molecule has 0 aliphatic carbocycles. The first-order chi connectivity index (χ1) is 8.42. The molecule has 4 heteroatoms. The van der Waals surface area contributed by atoms with Gasteiger partial charge < -0.3 is 10.2 Å². The van der Waals surface area contributed by atoms with E-state index < -0.39 is 5.54 Å². The van der Waals surface area contributed by atoms with Crippen molar-refractivity contribution < 1.29 is 4.79 Å². The van der Waals surface area contributed by atoms with Gasteiger partial charge in [0.15, 0.2) is 0 Å². The molecular formula is C14H19BrN2O. The fraction of sp³-hybridized carbons (Fsp3) is 0.500. The van der Waals surface area contributed by atoms with Crippen LogP contribution in [0.1, 0.15) is 25.8 Å². The van der Waals surface area contributed by atoms with Crippen LogP contribution >= 0.6 is 15.9 Å². The van der Waals surface area contributed by atoms with Crippen molar-refractivity contribution in [1.29, 1.82) is 0 Å². The number of benzene rings is 1. The van der Waals surface area contributed by atoms with Crippen LogP contribution in [0.5, 0.6) is 0 Å². The summed E-state index contributed by atoms with van der Waals surface area (Å²) in [7, 11) is 0. The highest BCUT2D eigenvalue weighted by Gasteiger charge is 2.34. The van der Waals surface area contributed by atoms with E-state index in [0.29, 0.717) is 0 Å². The highest BCUT2D eigenvalue weighted by Crippen LogP contribution is 2.29. The number of hydrogen-bond acceptors (Lipinski definition) is 2. The Kier molecular flexibility index (Phi) is 3.78. The van der Waals surface area contributed by atoms with E-state index in [1.807, 2.05) is 43.9 Å². The monoisotopic (exact) mass is 310 g/mol. The Labute approximate surface area is 117 Å². The van der Waals surface area contributed by atoms with Crippen molar-refractivity contribution in [2.45, 2.75) is 32.7 Å². The lowest BCUT2D eigenvalue weighted by molar-refractivity contribution is -0.123. The molecule has 18 heavy (non-hydrogen) atoms. The zero-order valence-corrected chi connectivity index (χ0v) is 12.7. The Morgan fingerprint density at radius 2 is 2.11 bits per heavy atom. The number of carbonyl (C=O) groups is 1. The summed E-state index contributed by atoms with van der Waals surface area (Å²) in [5, 5.41) is 3.29. The van der Waals surface area contributed by atoms with Crippen LogP contribution < -0.4 is 10.2 Å². The Hall–Kier alpha value is -0.870. The van der Waals surface area contributed by atoms with E-state index >= 15 is 0 Å². The van der Waals surface area contributed by atoms with Gasteiger partial charge in [0, 0.05) is 11.0 Å². The Balaban J connectivity index is 2.39. The van der Waals surface area contributed by atoms with Crippen molar-refractivity contribution in [1.82, 2.24) is 5.32 Å². The molecule has 1 amide bonds. The van der Waals surface area contributed by atoms with Crippen molar-refractivity contribution in [3.05, 3.63) is 28.2 Å². The van der Waals surface area contributed by atoms with Crippen LogP contribution in [0.15, 0.2) is 22.7 Å². The standard InChI is InChI=1S/C14H19BrN2O/c1-10-5-6-12(11(15)9-10)17-8-4-7-16-14(2,3)13(17)18/h5-6,9,16H,4,7-8H2,1-3H3. The number of nitrogens with zero attached hydrogens (tertiary/aromatic N) is 1. The highest BCUT2D eigenvalue weighted by molar-refractivity contribution is 9.10. The fourth-order valence-corrected chi connectivity index (χ4v) is 2.92. The Morgan fingerprint density at radius 1 is 1.39 bits per heavy atom. The number of carbonyl (C=O) groups excluding carboxylic acids is 1. The van der Waals surface area contributed by atoms with Crippen molar-refractivity contribution in [2.24, 2.45) is 0 Å². The number of anilines is 1. The first-order valence-electron chi connectivity index (χ1n) is 6.25. The summed E-state index contributed by atoms with van der Waals surface area (Å²) >= 11 is 3.56. The molecule has 1 N–H and O–H groups in total. The third kappa shape index (κ3) is 2.59. The third-order valence-corrected chi connectivity index (χ3v) is 3.93. The molecule has 0 spiro atoms. The minimum absolute atomic E-state index is 0.129. The van der Waals surface area contributed by atoms with E-state index in [4.69, 9.17) is 0 Å². The maximum Gasteiger partial charge on any atom is 0.246 e. The minimum Gasteiger partial charge on any atom is -0.310 e. The third-order valence-electron chi connectivity index (χ3n) is 3.30. The molecule has 0 bridgehead atoms. The summed E-state index contributed by atoms with van der Waals surface area (Å²) in [6.07, 6.45) is 0.968. The minimum atomic E-state index is -0.499. The molecule has 1 heterocycles. The molecule has 1 aromatic rings. The molecule has 1 saturated heterocycles. The molecule has 2 rings (SSSR count). The first-order valence-corrected chi connectivity index (χ1v) is 7.04. The molecule has 0 saturated carbocycles. The number of hydrogen-bond donors (Lipinski definition) is 1. The summed E-state index contributed by atoms with van der Waals surface area (Å²) in [6.45, 7) is 7.56. The molecule has 1 aromatic carbocycles. The predicted octanol–water partition coefficient (Wildman–Crippen LogP) is 2.86. The van der Waals surface area contributed by atoms with Crippen LogP contribution in [0.25, 0.3) is 0 Å². The number of aryl methyl sites for hydroxylation is 1. The molecule has 1 aliphatic heterocycles. The van der Waals surface area contributed by atoms with E-state index in [9.17, 15) is 4.79 Å². The molecule has 98 valence electrons. The van der Waals surface area contributed by atoms with Gasteiger partial charge in [0.1, 0.15) is 0 Å². The van der Waals surface area contributed by atoms with Crippen LogP contribution in [0.3, 0.4) is 0 Å². The number of nitrogens with one attached hydrogen (secondary N) is 1. The lowest BCUT2D eigenvalue weighted by atomic mass is 10.0. The van der Waals surface area contributed by atoms with Gasteiger partial charge in [-0.1, -0.05) is 6.07 Å². The van der Waals surface area contributed by atoms with E-state index in [-0.39, 0.29) is 5.91 Å². The summed E-state index contributed by atoms with van der Waals surface area (Å²) in [4.78, 5) is 14.4. The Bertz CT molecular complexity index is 471. The number of rotatable bonds is 1.